The van der Waals surface area contributed by atoms with Crippen LogP contribution in [0.15, 0.2) is 42.5 Å². The molecule has 0 aliphatic rings. The molecule has 0 aliphatic carbocycles. The highest BCUT2D eigenvalue weighted by Gasteiger charge is 2.18. The molecule has 0 radical (unpaired) electrons. The first-order chi connectivity index (χ1) is 13.0. The molecule has 0 spiro atoms. The van der Waals surface area contributed by atoms with Crippen LogP contribution in [0.2, 0.25) is 5.02 Å². The quantitative estimate of drug-likeness (QED) is 0.688. The van der Waals surface area contributed by atoms with Gasteiger partial charge >= 0.3 is 0 Å². The number of carbonyl (C=O) groups is 2. The summed E-state index contributed by atoms with van der Waals surface area (Å²) >= 11 is 6.19. The Morgan fingerprint density at radius 2 is 1.93 bits per heavy atom. The molecule has 2 aromatic rings. The molecule has 0 saturated carbocycles. The van der Waals surface area contributed by atoms with Gasteiger partial charge in [-0.2, -0.15) is 0 Å². The number of nitrogens with two attached hydrogens (primary N) is 1. The van der Waals surface area contributed by atoms with E-state index in [0.29, 0.717) is 12.1 Å². The Labute approximate surface area is 163 Å². The summed E-state index contributed by atoms with van der Waals surface area (Å²) < 4.78 is 10.5. The fraction of sp³-hybridized carbons (Fsp3) is 0.300. The first-order valence-corrected chi connectivity index (χ1v) is 8.95. The summed E-state index contributed by atoms with van der Waals surface area (Å²) in [5.74, 6) is -0.271. The maximum Gasteiger partial charge on any atom is 0.255 e. The number of hydrogen-bond acceptors (Lipinski definition) is 4. The Balaban J connectivity index is 2.11. The summed E-state index contributed by atoms with van der Waals surface area (Å²) in [7, 11) is 1.42. The van der Waals surface area contributed by atoms with Gasteiger partial charge < -0.3 is 20.5 Å². The van der Waals surface area contributed by atoms with Crippen LogP contribution in [0.1, 0.15) is 35.2 Å². The minimum atomic E-state index is -0.638. The summed E-state index contributed by atoms with van der Waals surface area (Å²) in [6, 6.07) is 13.0. The predicted octanol–water partition coefficient (Wildman–Crippen LogP) is 3.14. The number of methoxy groups -OCH3 is 1. The molecule has 7 heteroatoms. The van der Waals surface area contributed by atoms with Crippen molar-refractivity contribution in [2.24, 2.45) is 5.73 Å². The molecule has 144 valence electrons. The Bertz CT molecular complexity index is 796. The van der Waals surface area contributed by atoms with E-state index in [9.17, 15) is 9.59 Å². The van der Waals surface area contributed by atoms with Crippen molar-refractivity contribution in [2.75, 3.05) is 20.3 Å². The lowest BCUT2D eigenvalue weighted by molar-refractivity contribution is -0.119. The Morgan fingerprint density at radius 3 is 2.52 bits per heavy atom. The maximum absolute atomic E-state index is 12.6. The molecule has 1 atom stereocenters. The minimum absolute atomic E-state index is 0.163. The second-order valence-electron chi connectivity index (χ2n) is 5.97. The van der Waals surface area contributed by atoms with Gasteiger partial charge in [0, 0.05) is 18.0 Å². The van der Waals surface area contributed by atoms with E-state index in [1.54, 1.807) is 0 Å². The van der Waals surface area contributed by atoms with Crippen molar-refractivity contribution in [1.29, 1.82) is 0 Å². The third kappa shape index (κ3) is 5.62. The molecule has 0 saturated heterocycles. The molecule has 2 rings (SSSR count). The van der Waals surface area contributed by atoms with Crippen LogP contribution in [0.4, 0.5) is 0 Å². The van der Waals surface area contributed by atoms with E-state index in [0.717, 1.165) is 6.42 Å². The molecule has 0 bridgehead atoms. The zero-order chi connectivity index (χ0) is 19.8. The minimum Gasteiger partial charge on any atom is -0.493 e. The van der Waals surface area contributed by atoms with Crippen molar-refractivity contribution in [1.82, 2.24) is 5.32 Å². The van der Waals surface area contributed by atoms with E-state index < -0.39 is 5.91 Å². The lowest BCUT2D eigenvalue weighted by Gasteiger charge is -2.17. The van der Waals surface area contributed by atoms with Crippen LogP contribution in [0.25, 0.3) is 0 Å². The molecule has 0 unspecified atom stereocenters. The van der Waals surface area contributed by atoms with Gasteiger partial charge in [-0.1, -0.05) is 48.9 Å². The maximum atomic E-state index is 12.6. The summed E-state index contributed by atoms with van der Waals surface area (Å²) in [5, 5.41) is 3.09. The third-order valence-corrected chi connectivity index (χ3v) is 4.40. The van der Waals surface area contributed by atoms with E-state index in [-0.39, 0.29) is 35.0 Å². The van der Waals surface area contributed by atoms with Gasteiger partial charge in [-0.25, -0.2) is 0 Å². The van der Waals surface area contributed by atoms with E-state index >= 15 is 0 Å². The molecule has 2 aromatic carbocycles. The van der Waals surface area contributed by atoms with Crippen molar-refractivity contribution in [2.45, 2.75) is 19.3 Å². The number of carbonyl (C=O) groups excluding carboxylic acids is 2. The topological polar surface area (TPSA) is 90.6 Å². The fourth-order valence-corrected chi connectivity index (χ4v) is 2.94. The van der Waals surface area contributed by atoms with Crippen LogP contribution in [0, 0.1) is 0 Å². The Hall–Kier alpha value is -2.73. The van der Waals surface area contributed by atoms with Crippen LogP contribution >= 0.6 is 11.6 Å². The lowest BCUT2D eigenvalue weighted by Crippen LogP contribution is -2.28. The molecule has 27 heavy (non-hydrogen) atoms. The SMILES string of the molecule is CC[C@H](CNC(=O)c1cc(Cl)c(OCC(N)=O)c(OC)c1)c1ccccc1. The third-order valence-electron chi connectivity index (χ3n) is 4.12. The second kappa shape index (κ2) is 9.83. The molecule has 6 nitrogen and oxygen atoms in total. The standard InChI is InChI=1S/C20H23ClN2O4/c1-3-13(14-7-5-4-6-8-14)11-23-20(25)15-9-16(21)19(17(10-15)26-2)27-12-18(22)24/h4-10,13H,3,11-12H2,1-2H3,(H2,22,24)(H,23,25)/t13-/m1/s1. The summed E-state index contributed by atoms with van der Waals surface area (Å²) in [4.78, 5) is 23.5. The normalized spacial score (nSPS) is 11.5. The van der Waals surface area contributed by atoms with Crippen molar-refractivity contribution in [3.05, 3.63) is 58.6 Å². The highest BCUT2D eigenvalue weighted by atomic mass is 35.5. The molecule has 2 amide bonds. The number of nitrogens with one attached hydrogen (secondary N) is 1. The van der Waals surface area contributed by atoms with Gasteiger partial charge in [0.2, 0.25) is 0 Å². The van der Waals surface area contributed by atoms with Gasteiger partial charge in [0.1, 0.15) is 0 Å². The zero-order valence-electron chi connectivity index (χ0n) is 15.3. The van der Waals surface area contributed by atoms with E-state index in [4.69, 9.17) is 26.8 Å². The van der Waals surface area contributed by atoms with Crippen molar-refractivity contribution >= 4 is 23.4 Å². The van der Waals surface area contributed by atoms with Gasteiger partial charge in [-0.15, -0.1) is 0 Å². The highest BCUT2D eigenvalue weighted by molar-refractivity contribution is 6.32. The highest BCUT2D eigenvalue weighted by Crippen LogP contribution is 2.36. The Kier molecular flexibility index (Phi) is 7.49. The zero-order valence-corrected chi connectivity index (χ0v) is 16.1. The van der Waals surface area contributed by atoms with Crippen LogP contribution in [-0.4, -0.2) is 32.1 Å². The number of rotatable bonds is 9. The van der Waals surface area contributed by atoms with E-state index in [1.165, 1.54) is 24.8 Å². The number of hydrogen-bond donors (Lipinski definition) is 2. The lowest BCUT2D eigenvalue weighted by atomic mass is 9.96. The first kappa shape index (κ1) is 20.6. The number of ether oxygens (including phenoxy) is 2. The summed E-state index contributed by atoms with van der Waals surface area (Å²) in [6.07, 6.45) is 0.897. The van der Waals surface area contributed by atoms with Crippen LogP contribution in [0.3, 0.4) is 0 Å². The van der Waals surface area contributed by atoms with E-state index in [2.05, 4.69) is 12.2 Å². The number of amides is 2. The van der Waals surface area contributed by atoms with Gasteiger partial charge in [0.25, 0.3) is 11.8 Å². The van der Waals surface area contributed by atoms with Gasteiger partial charge in [0.05, 0.1) is 12.1 Å². The Morgan fingerprint density at radius 1 is 1.22 bits per heavy atom. The first-order valence-electron chi connectivity index (χ1n) is 8.58. The van der Waals surface area contributed by atoms with Gasteiger partial charge in [-0.05, 0) is 24.1 Å². The summed E-state index contributed by atoms with van der Waals surface area (Å²) in [6.45, 7) is 2.24. The number of benzene rings is 2. The second-order valence-corrected chi connectivity index (χ2v) is 6.38. The van der Waals surface area contributed by atoms with Crippen molar-refractivity contribution < 1.29 is 19.1 Å². The largest absolute Gasteiger partial charge is 0.493 e. The van der Waals surface area contributed by atoms with Crippen molar-refractivity contribution in [3.63, 3.8) is 0 Å². The predicted molar refractivity (Wildman–Crippen MR) is 105 cm³/mol. The molecular weight excluding hydrogens is 368 g/mol. The molecule has 0 aromatic heterocycles. The molecule has 0 heterocycles. The average Bonchev–Trinajstić information content (AvgIpc) is 2.67. The smallest absolute Gasteiger partial charge is 0.255 e. The van der Waals surface area contributed by atoms with Gasteiger partial charge in [-0.3, -0.25) is 9.59 Å². The average molecular weight is 391 g/mol. The molecular formula is C20H23ClN2O4. The number of primary amides is 1. The summed E-state index contributed by atoms with van der Waals surface area (Å²) in [5.41, 5.74) is 6.59. The van der Waals surface area contributed by atoms with Crippen molar-refractivity contribution in [3.8, 4) is 11.5 Å². The molecule has 0 aliphatic heterocycles. The molecule has 0 fully saturated rings. The van der Waals surface area contributed by atoms with Crippen LogP contribution in [0.5, 0.6) is 11.5 Å². The van der Waals surface area contributed by atoms with Crippen LogP contribution in [-0.2, 0) is 4.79 Å². The van der Waals surface area contributed by atoms with Gasteiger partial charge in [0.15, 0.2) is 18.1 Å². The van der Waals surface area contributed by atoms with Crippen LogP contribution < -0.4 is 20.5 Å². The fourth-order valence-electron chi connectivity index (χ4n) is 2.68. The molecule has 3 N–H and O–H groups in total. The number of halogens is 1. The monoisotopic (exact) mass is 390 g/mol. The van der Waals surface area contributed by atoms with E-state index in [1.807, 2.05) is 30.3 Å².